The van der Waals surface area contributed by atoms with Crippen molar-refractivity contribution in [2.24, 2.45) is 23.2 Å². The molecule has 4 bridgehead atoms. The van der Waals surface area contributed by atoms with Crippen molar-refractivity contribution in [1.29, 1.82) is 0 Å². The van der Waals surface area contributed by atoms with Crippen molar-refractivity contribution in [3.8, 4) is 0 Å². The van der Waals surface area contributed by atoms with Crippen molar-refractivity contribution in [2.45, 2.75) is 57.9 Å². The zero-order chi connectivity index (χ0) is 18.1. The molecule has 4 aliphatic carbocycles. The normalized spacial score (nSPS) is 32.9. The fourth-order valence-electron chi connectivity index (χ4n) is 6.00. The van der Waals surface area contributed by atoms with Crippen molar-refractivity contribution in [1.82, 2.24) is 10.6 Å². The van der Waals surface area contributed by atoms with E-state index < -0.39 is 0 Å². The third-order valence-corrected chi connectivity index (χ3v) is 6.83. The lowest BCUT2D eigenvalue weighted by Gasteiger charge is -2.55. The Bertz CT molecular complexity index is 635. The van der Waals surface area contributed by atoms with Crippen LogP contribution in [0.5, 0.6) is 0 Å². The summed E-state index contributed by atoms with van der Waals surface area (Å²) in [7, 11) is 0. The van der Waals surface area contributed by atoms with Crippen LogP contribution in [0.4, 0.5) is 0 Å². The van der Waals surface area contributed by atoms with Gasteiger partial charge in [0.15, 0.2) is 0 Å². The van der Waals surface area contributed by atoms with E-state index in [1.165, 1.54) is 19.3 Å². The van der Waals surface area contributed by atoms with Gasteiger partial charge in [0.1, 0.15) is 0 Å². The van der Waals surface area contributed by atoms with Gasteiger partial charge in [-0.25, -0.2) is 0 Å². The average molecular weight is 354 g/mol. The Morgan fingerprint density at radius 1 is 1.04 bits per heavy atom. The second-order valence-electron chi connectivity index (χ2n) is 8.90. The quantitative estimate of drug-likeness (QED) is 0.820. The third kappa shape index (κ3) is 3.51. The molecule has 1 atom stereocenters. The van der Waals surface area contributed by atoms with E-state index in [2.05, 4.69) is 10.6 Å². The van der Waals surface area contributed by atoms with Gasteiger partial charge in [0.2, 0.25) is 11.8 Å². The topological polar surface area (TPSA) is 58.2 Å². The van der Waals surface area contributed by atoms with Gasteiger partial charge in [0.25, 0.3) is 0 Å². The van der Waals surface area contributed by atoms with Crippen LogP contribution < -0.4 is 10.6 Å². The van der Waals surface area contributed by atoms with Crippen LogP contribution in [0.3, 0.4) is 0 Å². The molecule has 5 rings (SSSR count). The first kappa shape index (κ1) is 17.6. The second-order valence-corrected chi connectivity index (χ2v) is 8.90. The molecule has 4 saturated carbocycles. The van der Waals surface area contributed by atoms with E-state index in [0.717, 1.165) is 42.6 Å². The molecule has 0 saturated heterocycles. The van der Waals surface area contributed by atoms with Crippen LogP contribution in [0, 0.1) is 23.2 Å². The molecule has 26 heavy (non-hydrogen) atoms. The Kier molecular flexibility index (Phi) is 4.76. The monoisotopic (exact) mass is 354 g/mol. The molecule has 0 aliphatic heterocycles. The Morgan fingerprint density at radius 2 is 1.62 bits per heavy atom. The predicted molar refractivity (Wildman–Crippen MR) is 101 cm³/mol. The minimum atomic E-state index is -0.122. The first-order valence-corrected chi connectivity index (χ1v) is 10.2. The van der Waals surface area contributed by atoms with Crippen LogP contribution in [-0.4, -0.2) is 18.4 Å². The molecule has 4 fully saturated rings. The Balaban J connectivity index is 1.24. The molecule has 4 heteroatoms. The lowest BCUT2D eigenvalue weighted by atomic mass is 9.49. The van der Waals surface area contributed by atoms with Gasteiger partial charge in [-0.3, -0.25) is 9.59 Å². The molecular weight excluding hydrogens is 324 g/mol. The second kappa shape index (κ2) is 7.05. The molecule has 2 amide bonds. The molecule has 0 radical (unpaired) electrons. The van der Waals surface area contributed by atoms with Gasteiger partial charge in [-0.05, 0) is 68.8 Å². The summed E-state index contributed by atoms with van der Waals surface area (Å²) in [6, 6.07) is 9.94. The van der Waals surface area contributed by atoms with Crippen LogP contribution in [0.1, 0.15) is 63.5 Å². The fourth-order valence-corrected chi connectivity index (χ4v) is 6.00. The molecule has 1 aromatic rings. The standard InChI is InChI=1S/C22H30N2O2/c1-15(19-5-3-2-4-6-19)24-20(25)7-8-23-21(26)22-12-16-9-17(13-22)11-18(10-16)14-22/h2-6,15-18H,7-14H2,1H3,(H,23,26)(H,24,25)/t15-,16?,17?,18?,22?/m0/s1. The molecule has 0 aromatic heterocycles. The van der Waals surface area contributed by atoms with E-state index in [1.54, 1.807) is 0 Å². The summed E-state index contributed by atoms with van der Waals surface area (Å²) >= 11 is 0. The van der Waals surface area contributed by atoms with E-state index in [1.807, 2.05) is 37.3 Å². The Hall–Kier alpha value is -1.84. The molecule has 2 N–H and O–H groups in total. The highest BCUT2D eigenvalue weighted by molar-refractivity contribution is 5.84. The van der Waals surface area contributed by atoms with Gasteiger partial charge in [-0.1, -0.05) is 30.3 Å². The maximum atomic E-state index is 12.9. The summed E-state index contributed by atoms with van der Waals surface area (Å²) in [6.45, 7) is 2.43. The highest BCUT2D eigenvalue weighted by Crippen LogP contribution is 2.60. The number of nitrogens with one attached hydrogen (secondary N) is 2. The maximum absolute atomic E-state index is 12.9. The number of hydrogen-bond acceptors (Lipinski definition) is 2. The maximum Gasteiger partial charge on any atom is 0.226 e. The van der Waals surface area contributed by atoms with Gasteiger partial charge >= 0.3 is 0 Å². The lowest BCUT2D eigenvalue weighted by Crippen LogP contribution is -2.53. The predicted octanol–water partition coefficient (Wildman–Crippen LogP) is 3.59. The number of hydrogen-bond donors (Lipinski definition) is 2. The molecule has 4 aliphatic rings. The van der Waals surface area contributed by atoms with Gasteiger partial charge in [0, 0.05) is 18.4 Å². The zero-order valence-corrected chi connectivity index (χ0v) is 15.7. The fraction of sp³-hybridized carbons (Fsp3) is 0.636. The number of amides is 2. The zero-order valence-electron chi connectivity index (χ0n) is 15.7. The number of rotatable bonds is 6. The minimum Gasteiger partial charge on any atom is -0.355 e. The minimum absolute atomic E-state index is 0.00725. The molecule has 0 unspecified atom stereocenters. The summed E-state index contributed by atoms with van der Waals surface area (Å²) in [5.74, 6) is 2.50. The van der Waals surface area contributed by atoms with Crippen LogP contribution in [0.2, 0.25) is 0 Å². The van der Waals surface area contributed by atoms with Crippen molar-refractivity contribution in [2.75, 3.05) is 6.54 Å². The van der Waals surface area contributed by atoms with Crippen LogP contribution in [0.25, 0.3) is 0 Å². The van der Waals surface area contributed by atoms with Crippen molar-refractivity contribution >= 4 is 11.8 Å². The van der Waals surface area contributed by atoms with Crippen LogP contribution >= 0.6 is 0 Å². The largest absolute Gasteiger partial charge is 0.355 e. The molecule has 0 heterocycles. The summed E-state index contributed by atoms with van der Waals surface area (Å²) in [5.41, 5.74) is 0.973. The lowest BCUT2D eigenvalue weighted by molar-refractivity contribution is -0.146. The Labute approximate surface area is 156 Å². The van der Waals surface area contributed by atoms with E-state index in [-0.39, 0.29) is 23.3 Å². The molecule has 140 valence electrons. The SMILES string of the molecule is C[C@H](NC(=O)CCNC(=O)C12CC3CC(CC(C3)C1)C2)c1ccccc1. The first-order chi connectivity index (χ1) is 12.5. The highest BCUT2D eigenvalue weighted by Gasteiger charge is 2.54. The third-order valence-electron chi connectivity index (χ3n) is 6.83. The van der Waals surface area contributed by atoms with E-state index in [4.69, 9.17) is 0 Å². The van der Waals surface area contributed by atoms with Gasteiger partial charge in [-0.15, -0.1) is 0 Å². The smallest absolute Gasteiger partial charge is 0.226 e. The summed E-state index contributed by atoms with van der Waals surface area (Å²) in [5, 5.41) is 6.10. The summed E-state index contributed by atoms with van der Waals surface area (Å²) in [4.78, 5) is 25.1. The van der Waals surface area contributed by atoms with Gasteiger partial charge in [-0.2, -0.15) is 0 Å². The van der Waals surface area contributed by atoms with E-state index >= 15 is 0 Å². The van der Waals surface area contributed by atoms with Crippen LogP contribution in [-0.2, 0) is 9.59 Å². The number of benzene rings is 1. The summed E-state index contributed by atoms with van der Waals surface area (Å²) < 4.78 is 0. The molecular formula is C22H30N2O2. The molecule has 1 aromatic carbocycles. The highest BCUT2D eigenvalue weighted by atomic mass is 16.2. The number of carbonyl (C=O) groups is 2. The first-order valence-electron chi connectivity index (χ1n) is 10.2. The van der Waals surface area contributed by atoms with Gasteiger partial charge < -0.3 is 10.6 Å². The van der Waals surface area contributed by atoms with E-state index in [9.17, 15) is 9.59 Å². The molecule has 0 spiro atoms. The van der Waals surface area contributed by atoms with Crippen molar-refractivity contribution < 1.29 is 9.59 Å². The summed E-state index contributed by atoms with van der Waals surface area (Å²) in [6.07, 6.45) is 7.58. The average Bonchev–Trinajstić information content (AvgIpc) is 2.61. The number of carbonyl (C=O) groups excluding carboxylic acids is 2. The Morgan fingerprint density at radius 3 is 2.19 bits per heavy atom. The van der Waals surface area contributed by atoms with E-state index in [0.29, 0.717) is 13.0 Å². The molecule has 4 nitrogen and oxygen atoms in total. The van der Waals surface area contributed by atoms with Gasteiger partial charge in [0.05, 0.1) is 6.04 Å². The van der Waals surface area contributed by atoms with Crippen molar-refractivity contribution in [3.63, 3.8) is 0 Å². The van der Waals surface area contributed by atoms with Crippen LogP contribution in [0.15, 0.2) is 30.3 Å². The van der Waals surface area contributed by atoms with Crippen molar-refractivity contribution in [3.05, 3.63) is 35.9 Å².